The average Bonchev–Trinajstić information content (AvgIpc) is 3.17. The minimum Gasteiger partial charge on any atom is -0.387 e. The van der Waals surface area contributed by atoms with Gasteiger partial charge in [-0.15, -0.1) is 0 Å². The lowest BCUT2D eigenvalue weighted by molar-refractivity contribution is -0.136. The fraction of sp³-hybridized carbons (Fsp3) is 0.440. The normalized spacial score (nSPS) is 17.0. The molecular weight excluding hydrogens is 388 g/mol. The van der Waals surface area contributed by atoms with Crippen molar-refractivity contribution >= 4 is 22.5 Å². The molecule has 1 aliphatic heterocycles. The maximum atomic E-state index is 12.4. The summed E-state index contributed by atoms with van der Waals surface area (Å²) in [5.41, 5.74) is 4.66. The number of benzene rings is 2. The Hall–Kier alpha value is -2.86. The number of hydrogen-bond acceptors (Lipinski definition) is 4. The Morgan fingerprint density at radius 2 is 1.94 bits per heavy atom. The van der Waals surface area contributed by atoms with Gasteiger partial charge >= 0.3 is 0 Å². The highest BCUT2D eigenvalue weighted by Crippen LogP contribution is 2.29. The molecule has 2 aromatic carbocycles. The summed E-state index contributed by atoms with van der Waals surface area (Å²) in [6.45, 7) is 8.12. The Balaban J connectivity index is 1.64. The van der Waals surface area contributed by atoms with Crippen LogP contribution < -0.4 is 4.90 Å². The van der Waals surface area contributed by atoms with Crippen molar-refractivity contribution in [2.24, 2.45) is 0 Å². The number of aryl methyl sites for hydroxylation is 1. The monoisotopic (exact) mass is 420 g/mol. The smallest absolute Gasteiger partial charge is 0.248 e. The quantitative estimate of drug-likeness (QED) is 0.664. The highest BCUT2D eigenvalue weighted by atomic mass is 16.3. The van der Waals surface area contributed by atoms with E-state index >= 15 is 0 Å². The van der Waals surface area contributed by atoms with Crippen molar-refractivity contribution in [1.82, 2.24) is 14.7 Å². The van der Waals surface area contributed by atoms with Crippen molar-refractivity contribution in [3.05, 3.63) is 59.8 Å². The number of amides is 1. The van der Waals surface area contributed by atoms with Crippen LogP contribution in [0.4, 0.5) is 5.69 Å². The maximum Gasteiger partial charge on any atom is 0.248 e. The van der Waals surface area contributed by atoms with Crippen molar-refractivity contribution in [2.75, 3.05) is 31.1 Å². The molecule has 0 radical (unpaired) electrons. The number of rotatable bonds is 6. The lowest BCUT2D eigenvalue weighted by Crippen LogP contribution is -2.56. The largest absolute Gasteiger partial charge is 0.387 e. The number of aromatic nitrogens is 2. The van der Waals surface area contributed by atoms with Crippen LogP contribution in [0.3, 0.4) is 0 Å². The van der Waals surface area contributed by atoms with Crippen LogP contribution in [0.25, 0.3) is 10.9 Å². The first-order valence-corrected chi connectivity index (χ1v) is 11.2. The highest BCUT2D eigenvalue weighted by Gasteiger charge is 2.30. The molecule has 1 amide bonds. The highest BCUT2D eigenvalue weighted by molar-refractivity contribution is 5.86. The Bertz CT molecular complexity index is 1040. The molecule has 0 bridgehead atoms. The summed E-state index contributed by atoms with van der Waals surface area (Å²) in [6, 6.07) is 17.2. The van der Waals surface area contributed by atoms with Gasteiger partial charge in [0.25, 0.3) is 0 Å². The van der Waals surface area contributed by atoms with E-state index in [1.54, 1.807) is 0 Å². The van der Waals surface area contributed by atoms with Gasteiger partial charge in [-0.25, -0.2) is 0 Å². The summed E-state index contributed by atoms with van der Waals surface area (Å²) >= 11 is 0. The predicted molar refractivity (Wildman–Crippen MR) is 124 cm³/mol. The molecule has 1 aromatic heterocycles. The summed E-state index contributed by atoms with van der Waals surface area (Å²) in [5, 5.41) is 15.5. The second kappa shape index (κ2) is 9.10. The molecule has 0 aliphatic carbocycles. The summed E-state index contributed by atoms with van der Waals surface area (Å²) in [7, 11) is 0. The Morgan fingerprint density at radius 1 is 1.16 bits per heavy atom. The van der Waals surface area contributed by atoms with Crippen LogP contribution in [-0.2, 0) is 17.6 Å². The molecule has 2 heterocycles. The summed E-state index contributed by atoms with van der Waals surface area (Å²) in [5.74, 6) is -0.193. The van der Waals surface area contributed by atoms with Gasteiger partial charge in [-0.3, -0.25) is 9.48 Å². The van der Waals surface area contributed by atoms with Gasteiger partial charge in [0, 0.05) is 36.7 Å². The van der Waals surface area contributed by atoms with Crippen LogP contribution in [0.15, 0.2) is 48.5 Å². The molecule has 6 heteroatoms. The third-order valence-corrected chi connectivity index (χ3v) is 6.21. The first kappa shape index (κ1) is 21.4. The molecule has 1 aliphatic rings. The van der Waals surface area contributed by atoms with Crippen LogP contribution in [0, 0.1) is 0 Å². The molecule has 3 aromatic rings. The van der Waals surface area contributed by atoms with E-state index < -0.39 is 6.61 Å². The first-order valence-electron chi connectivity index (χ1n) is 11.2. The zero-order valence-corrected chi connectivity index (χ0v) is 18.7. The predicted octanol–water partition coefficient (Wildman–Crippen LogP) is 3.43. The zero-order valence-electron chi connectivity index (χ0n) is 18.7. The van der Waals surface area contributed by atoms with Crippen molar-refractivity contribution in [3.63, 3.8) is 0 Å². The van der Waals surface area contributed by atoms with Crippen LogP contribution in [0.5, 0.6) is 0 Å². The van der Waals surface area contributed by atoms with Gasteiger partial charge in [0.2, 0.25) is 5.91 Å². The molecule has 0 spiro atoms. The number of aliphatic hydroxyl groups is 1. The van der Waals surface area contributed by atoms with Crippen LogP contribution in [0.1, 0.15) is 38.1 Å². The number of carbonyl (C=O) groups excluding carboxylic acids is 1. The topological polar surface area (TPSA) is 61.6 Å². The standard InChI is InChI=1S/C25H32N4O2/c1-4-23-22-11-10-20(15-24(22)29(26-23)18(2)3)27-12-13-28(25(31)17-30)21(16-27)14-19-8-6-5-7-9-19/h5-11,15,18,21,30H,4,12-14,16-17H2,1-3H3. The number of piperazine rings is 1. The van der Waals surface area contributed by atoms with E-state index in [1.165, 1.54) is 10.9 Å². The SMILES string of the molecule is CCc1nn(C(C)C)c2cc(N3CCN(C(=O)CO)C(Cc4ccccc4)C3)ccc12. The van der Waals surface area contributed by atoms with Crippen LogP contribution in [0.2, 0.25) is 0 Å². The van der Waals surface area contributed by atoms with E-state index in [0.29, 0.717) is 12.6 Å². The molecule has 1 fully saturated rings. The molecule has 1 saturated heterocycles. The van der Waals surface area contributed by atoms with Gasteiger partial charge in [0.15, 0.2) is 0 Å². The molecule has 6 nitrogen and oxygen atoms in total. The second-order valence-corrected chi connectivity index (χ2v) is 8.57. The van der Waals surface area contributed by atoms with E-state index in [2.05, 4.69) is 60.7 Å². The van der Waals surface area contributed by atoms with E-state index in [4.69, 9.17) is 5.10 Å². The minimum atomic E-state index is -0.440. The molecule has 4 rings (SSSR count). The van der Waals surface area contributed by atoms with Gasteiger partial charge in [-0.05, 0) is 50.5 Å². The number of hydrogen-bond donors (Lipinski definition) is 1. The lowest BCUT2D eigenvalue weighted by atomic mass is 10.0. The van der Waals surface area contributed by atoms with Crippen LogP contribution >= 0.6 is 0 Å². The van der Waals surface area contributed by atoms with Gasteiger partial charge in [0.05, 0.1) is 17.3 Å². The van der Waals surface area contributed by atoms with Crippen molar-refractivity contribution in [1.29, 1.82) is 0 Å². The number of carbonyl (C=O) groups is 1. The number of aliphatic hydroxyl groups excluding tert-OH is 1. The van der Waals surface area contributed by atoms with Crippen molar-refractivity contribution < 1.29 is 9.90 Å². The molecule has 0 saturated carbocycles. The molecule has 31 heavy (non-hydrogen) atoms. The Kier molecular flexibility index (Phi) is 6.28. The van der Waals surface area contributed by atoms with E-state index in [-0.39, 0.29) is 11.9 Å². The van der Waals surface area contributed by atoms with Gasteiger partial charge < -0.3 is 14.9 Å². The summed E-state index contributed by atoms with van der Waals surface area (Å²) in [4.78, 5) is 16.6. The third-order valence-electron chi connectivity index (χ3n) is 6.21. The van der Waals surface area contributed by atoms with E-state index in [1.807, 2.05) is 23.1 Å². The van der Waals surface area contributed by atoms with Gasteiger partial charge in [-0.2, -0.15) is 5.10 Å². The van der Waals surface area contributed by atoms with E-state index in [9.17, 15) is 9.90 Å². The molecule has 1 unspecified atom stereocenters. The second-order valence-electron chi connectivity index (χ2n) is 8.57. The Labute approximate surface area is 184 Å². The maximum absolute atomic E-state index is 12.4. The van der Waals surface area contributed by atoms with Gasteiger partial charge in [0.1, 0.15) is 6.61 Å². The average molecular weight is 421 g/mol. The molecule has 1 N–H and O–H groups in total. The summed E-state index contributed by atoms with van der Waals surface area (Å²) in [6.07, 6.45) is 1.69. The van der Waals surface area contributed by atoms with E-state index in [0.717, 1.165) is 42.8 Å². The molecule has 164 valence electrons. The minimum absolute atomic E-state index is 0.0210. The zero-order chi connectivity index (χ0) is 22.0. The number of nitrogens with zero attached hydrogens (tertiary/aromatic N) is 4. The number of fused-ring (bicyclic) bond motifs is 1. The fourth-order valence-electron chi connectivity index (χ4n) is 4.61. The van der Waals surface area contributed by atoms with Crippen molar-refractivity contribution in [3.8, 4) is 0 Å². The first-order chi connectivity index (χ1) is 15.0. The molecule has 1 atom stereocenters. The number of anilines is 1. The fourth-order valence-corrected chi connectivity index (χ4v) is 4.61. The van der Waals surface area contributed by atoms with Gasteiger partial charge in [-0.1, -0.05) is 37.3 Å². The molecular formula is C25H32N4O2. The lowest BCUT2D eigenvalue weighted by Gasteiger charge is -2.42. The summed E-state index contributed by atoms with van der Waals surface area (Å²) < 4.78 is 2.12. The Morgan fingerprint density at radius 3 is 2.61 bits per heavy atom. The third kappa shape index (κ3) is 4.30. The van der Waals surface area contributed by atoms with Crippen LogP contribution in [-0.4, -0.2) is 58.0 Å². The van der Waals surface area contributed by atoms with Crippen molar-refractivity contribution in [2.45, 2.75) is 45.7 Å².